The van der Waals surface area contributed by atoms with Gasteiger partial charge < -0.3 is 4.42 Å². The van der Waals surface area contributed by atoms with Gasteiger partial charge in [-0.1, -0.05) is 12.1 Å². The zero-order valence-electron chi connectivity index (χ0n) is 11.5. The van der Waals surface area contributed by atoms with Crippen molar-refractivity contribution in [3.05, 3.63) is 52.5 Å². The third kappa shape index (κ3) is 2.30. The van der Waals surface area contributed by atoms with E-state index in [1.807, 2.05) is 19.9 Å². The van der Waals surface area contributed by atoms with Crippen LogP contribution in [0.3, 0.4) is 0 Å². The maximum Gasteiger partial charge on any atom is 0.207 e. The van der Waals surface area contributed by atoms with E-state index in [0.29, 0.717) is 17.9 Å². The van der Waals surface area contributed by atoms with E-state index in [9.17, 15) is 8.60 Å². The molecule has 1 aromatic heterocycles. The van der Waals surface area contributed by atoms with Crippen molar-refractivity contribution in [3.63, 3.8) is 0 Å². The number of hydrogen-bond acceptors (Lipinski definition) is 3. The van der Waals surface area contributed by atoms with Crippen molar-refractivity contribution in [2.75, 3.05) is 0 Å². The third-order valence-corrected chi connectivity index (χ3v) is 5.47. The van der Waals surface area contributed by atoms with Crippen molar-refractivity contribution < 1.29 is 13.0 Å². The Kier molecular flexibility index (Phi) is 3.46. The lowest BCUT2D eigenvalue weighted by molar-refractivity contribution is 0.487. The highest BCUT2D eigenvalue weighted by atomic mass is 32.2. The molecule has 1 heterocycles. The van der Waals surface area contributed by atoms with E-state index in [4.69, 9.17) is 4.42 Å². The van der Waals surface area contributed by atoms with Crippen molar-refractivity contribution in [1.82, 2.24) is 4.98 Å². The van der Waals surface area contributed by atoms with Crippen molar-refractivity contribution in [2.24, 2.45) is 0 Å². The Labute approximate surface area is 119 Å². The minimum absolute atomic E-state index is 0.117. The molecule has 3 rings (SSSR count). The van der Waals surface area contributed by atoms with Crippen LogP contribution in [0.1, 0.15) is 40.1 Å². The number of aryl methyl sites for hydroxylation is 2. The van der Waals surface area contributed by atoms with Crippen LogP contribution in [0.4, 0.5) is 4.39 Å². The molecule has 2 atom stereocenters. The molecule has 0 saturated heterocycles. The number of nitrogens with zero attached hydrogens (tertiary/aromatic N) is 1. The number of hydrogen-bond donors (Lipinski definition) is 0. The Morgan fingerprint density at radius 1 is 1.45 bits per heavy atom. The van der Waals surface area contributed by atoms with Crippen LogP contribution in [-0.2, 0) is 23.0 Å². The fourth-order valence-corrected chi connectivity index (χ4v) is 4.12. The lowest BCUT2D eigenvalue weighted by atomic mass is 10.1. The first-order valence-corrected chi connectivity index (χ1v) is 8.02. The van der Waals surface area contributed by atoms with E-state index >= 15 is 0 Å². The molecule has 1 aromatic carbocycles. The van der Waals surface area contributed by atoms with Crippen LogP contribution in [0.25, 0.3) is 0 Å². The van der Waals surface area contributed by atoms with Gasteiger partial charge in [0, 0.05) is 10.8 Å². The van der Waals surface area contributed by atoms with Gasteiger partial charge in [-0.25, -0.2) is 9.37 Å². The Hall–Kier alpha value is -1.49. The molecule has 0 bridgehead atoms. The average Bonchev–Trinajstić information content (AvgIpc) is 2.95. The molecule has 0 unspecified atom stereocenters. The fraction of sp³-hybridized carbons (Fsp3) is 0.400. The van der Waals surface area contributed by atoms with Gasteiger partial charge >= 0.3 is 0 Å². The molecule has 20 heavy (non-hydrogen) atoms. The molecule has 1 aliphatic carbocycles. The maximum absolute atomic E-state index is 13.7. The smallest absolute Gasteiger partial charge is 0.207 e. The molecule has 0 saturated carbocycles. The second-order valence-corrected chi connectivity index (χ2v) is 6.73. The molecule has 1 aliphatic rings. The van der Waals surface area contributed by atoms with Crippen LogP contribution in [0, 0.1) is 19.7 Å². The third-order valence-electron chi connectivity index (χ3n) is 3.81. The van der Waals surface area contributed by atoms with E-state index < -0.39 is 10.8 Å². The van der Waals surface area contributed by atoms with Gasteiger partial charge in [0.05, 0.1) is 10.9 Å². The second kappa shape index (κ2) is 5.13. The monoisotopic (exact) mass is 293 g/mol. The summed E-state index contributed by atoms with van der Waals surface area (Å²) in [6.45, 7) is 3.71. The largest absolute Gasteiger partial charge is 0.445 e. The summed E-state index contributed by atoms with van der Waals surface area (Å²) in [7, 11) is -1.13. The van der Waals surface area contributed by atoms with Crippen molar-refractivity contribution in [1.29, 1.82) is 0 Å². The Morgan fingerprint density at radius 2 is 2.25 bits per heavy atom. The van der Waals surface area contributed by atoms with Gasteiger partial charge in [0.15, 0.2) is 0 Å². The molecule has 106 valence electrons. The topological polar surface area (TPSA) is 43.1 Å². The predicted octanol–water partition coefficient (Wildman–Crippen LogP) is 3.37. The minimum Gasteiger partial charge on any atom is -0.445 e. The Balaban J connectivity index is 1.82. The van der Waals surface area contributed by atoms with Crippen LogP contribution in [0.5, 0.6) is 0 Å². The number of halogens is 1. The molecule has 0 amide bonds. The van der Waals surface area contributed by atoms with E-state index in [0.717, 1.165) is 23.4 Å². The second-order valence-electron chi connectivity index (χ2n) is 5.11. The van der Waals surface area contributed by atoms with Gasteiger partial charge in [-0.05, 0) is 43.9 Å². The minimum atomic E-state index is -1.13. The number of benzene rings is 1. The van der Waals surface area contributed by atoms with E-state index in [2.05, 4.69) is 4.98 Å². The summed E-state index contributed by atoms with van der Waals surface area (Å²) in [6, 6.07) is 5.02. The molecular weight excluding hydrogens is 277 g/mol. The van der Waals surface area contributed by atoms with Crippen LogP contribution in [-0.4, -0.2) is 9.19 Å². The van der Waals surface area contributed by atoms with E-state index in [-0.39, 0.29) is 16.8 Å². The van der Waals surface area contributed by atoms with Gasteiger partial charge in [-0.2, -0.15) is 0 Å². The first kappa shape index (κ1) is 13.5. The van der Waals surface area contributed by atoms with Gasteiger partial charge in [0.25, 0.3) is 0 Å². The summed E-state index contributed by atoms with van der Waals surface area (Å²) >= 11 is 0. The summed E-state index contributed by atoms with van der Waals surface area (Å²) < 4.78 is 31.7. The van der Waals surface area contributed by atoms with Crippen molar-refractivity contribution in [3.8, 4) is 0 Å². The predicted molar refractivity (Wildman–Crippen MR) is 75.3 cm³/mol. The van der Waals surface area contributed by atoms with E-state index in [1.165, 1.54) is 6.07 Å². The van der Waals surface area contributed by atoms with Crippen molar-refractivity contribution in [2.45, 2.75) is 37.7 Å². The van der Waals surface area contributed by atoms with Gasteiger partial charge in [0.1, 0.15) is 17.3 Å². The molecule has 0 radical (unpaired) electrons. The van der Waals surface area contributed by atoms with E-state index in [1.54, 1.807) is 6.07 Å². The summed E-state index contributed by atoms with van der Waals surface area (Å²) in [5, 5.41) is -0.117. The van der Waals surface area contributed by atoms with Crippen LogP contribution in [0.15, 0.2) is 22.6 Å². The highest BCUT2D eigenvalue weighted by molar-refractivity contribution is 7.84. The van der Waals surface area contributed by atoms with Crippen molar-refractivity contribution >= 4 is 10.8 Å². The van der Waals surface area contributed by atoms with Gasteiger partial charge in [-0.15, -0.1) is 0 Å². The lowest BCUT2D eigenvalue weighted by Crippen LogP contribution is -2.06. The Morgan fingerprint density at radius 3 is 2.95 bits per heavy atom. The molecular formula is C15H16FNO2S. The first-order valence-electron chi connectivity index (χ1n) is 6.63. The molecule has 0 N–H and O–H groups in total. The molecule has 0 fully saturated rings. The standard InChI is InChI=1S/C15H16FNO2S/c1-9-10(2)19-15(17-9)8-20(18)14-7-6-11-12(14)4-3-5-13(11)16/h3-5,14H,6-8H2,1-2H3/t14-,20+/m1/s1. The quantitative estimate of drug-likeness (QED) is 0.871. The molecule has 0 aliphatic heterocycles. The zero-order chi connectivity index (χ0) is 14.3. The lowest BCUT2D eigenvalue weighted by Gasteiger charge is -2.10. The highest BCUT2D eigenvalue weighted by Gasteiger charge is 2.30. The summed E-state index contributed by atoms with van der Waals surface area (Å²) in [5.41, 5.74) is 2.42. The normalized spacial score (nSPS) is 19.1. The summed E-state index contributed by atoms with van der Waals surface area (Å²) in [4.78, 5) is 4.26. The van der Waals surface area contributed by atoms with Gasteiger partial charge in [0.2, 0.25) is 5.89 Å². The number of fused-ring (bicyclic) bond motifs is 1. The highest BCUT2D eigenvalue weighted by Crippen LogP contribution is 2.37. The maximum atomic E-state index is 13.7. The fourth-order valence-electron chi connectivity index (χ4n) is 2.67. The molecule has 2 aromatic rings. The number of aromatic nitrogens is 1. The molecule has 0 spiro atoms. The zero-order valence-corrected chi connectivity index (χ0v) is 12.3. The molecule has 5 heteroatoms. The number of rotatable bonds is 3. The van der Waals surface area contributed by atoms with Crippen LogP contribution >= 0.6 is 0 Å². The Bertz CT molecular complexity index is 661. The number of oxazole rings is 1. The van der Waals surface area contributed by atoms with Crippen LogP contribution in [0.2, 0.25) is 0 Å². The van der Waals surface area contributed by atoms with Crippen LogP contribution < -0.4 is 0 Å². The summed E-state index contributed by atoms with van der Waals surface area (Å²) in [6.07, 6.45) is 1.38. The van der Waals surface area contributed by atoms with Gasteiger partial charge in [-0.3, -0.25) is 4.21 Å². The average molecular weight is 293 g/mol. The molecule has 3 nitrogen and oxygen atoms in total. The SMILES string of the molecule is Cc1nc(C[S@](=O)[C@@H]2CCc3c(F)cccc32)oc1C. The summed E-state index contributed by atoms with van der Waals surface area (Å²) in [5.74, 6) is 1.36. The first-order chi connectivity index (χ1) is 9.56.